The molecule has 0 unspecified atom stereocenters. The normalized spacial score (nSPS) is 11.3. The van der Waals surface area contributed by atoms with Crippen LogP contribution in [0.3, 0.4) is 0 Å². The van der Waals surface area contributed by atoms with E-state index in [-0.39, 0.29) is 16.3 Å². The standard InChI is InChI=1S/C16H17FN4O4S2/c1-21(2)27(24,25)11-7-8-15(18-9-11)26-10-14(22)20-16(23)19-13-6-4-3-5-12(13)17/h3-9H,10H2,1-2H3,(H2,19,20,22,23). The van der Waals surface area contributed by atoms with Gasteiger partial charge in [0.2, 0.25) is 15.9 Å². The molecule has 2 rings (SSSR count). The van der Waals surface area contributed by atoms with E-state index in [4.69, 9.17) is 0 Å². The number of halogens is 1. The number of rotatable bonds is 6. The molecule has 0 aliphatic heterocycles. The molecule has 0 aliphatic carbocycles. The molecular weight excluding hydrogens is 395 g/mol. The number of nitrogens with zero attached hydrogens (tertiary/aromatic N) is 2. The van der Waals surface area contributed by atoms with Gasteiger partial charge in [-0.05, 0) is 24.3 Å². The largest absolute Gasteiger partial charge is 0.325 e. The Morgan fingerprint density at radius 3 is 2.48 bits per heavy atom. The summed E-state index contributed by atoms with van der Waals surface area (Å²) >= 11 is 1.02. The van der Waals surface area contributed by atoms with Crippen molar-refractivity contribution in [2.24, 2.45) is 0 Å². The third-order valence-corrected chi connectivity index (χ3v) is 5.96. The number of sulfonamides is 1. The first-order valence-corrected chi connectivity index (χ1v) is 9.99. The zero-order chi connectivity index (χ0) is 20.0. The maximum Gasteiger partial charge on any atom is 0.325 e. The molecule has 2 N–H and O–H groups in total. The number of pyridine rings is 1. The van der Waals surface area contributed by atoms with Gasteiger partial charge in [0.1, 0.15) is 10.7 Å². The first-order valence-electron chi connectivity index (χ1n) is 7.57. The quantitative estimate of drug-likeness (QED) is 0.702. The number of carbonyl (C=O) groups is 2. The van der Waals surface area contributed by atoms with E-state index >= 15 is 0 Å². The van der Waals surface area contributed by atoms with Gasteiger partial charge >= 0.3 is 6.03 Å². The van der Waals surface area contributed by atoms with Gasteiger partial charge in [-0.15, -0.1) is 0 Å². The van der Waals surface area contributed by atoms with Crippen molar-refractivity contribution in [1.82, 2.24) is 14.6 Å². The molecule has 0 spiro atoms. The number of anilines is 1. The first-order chi connectivity index (χ1) is 12.7. The fourth-order valence-corrected chi connectivity index (χ4v) is 3.32. The summed E-state index contributed by atoms with van der Waals surface area (Å²) in [6.07, 6.45) is 1.19. The number of amides is 3. The topological polar surface area (TPSA) is 108 Å². The van der Waals surface area contributed by atoms with Crippen LogP contribution in [-0.2, 0) is 14.8 Å². The molecule has 1 aromatic heterocycles. The second kappa shape index (κ2) is 8.93. The van der Waals surface area contributed by atoms with E-state index in [1.165, 1.54) is 50.6 Å². The minimum atomic E-state index is -3.58. The van der Waals surface area contributed by atoms with E-state index in [0.717, 1.165) is 16.1 Å². The molecule has 2 aromatic rings. The number of thioether (sulfide) groups is 1. The van der Waals surface area contributed by atoms with Crippen molar-refractivity contribution in [1.29, 1.82) is 0 Å². The summed E-state index contributed by atoms with van der Waals surface area (Å²) in [4.78, 5) is 27.5. The van der Waals surface area contributed by atoms with Crippen LogP contribution in [0.4, 0.5) is 14.9 Å². The molecule has 0 fully saturated rings. The molecule has 0 bridgehead atoms. The number of hydrogen-bond donors (Lipinski definition) is 2. The van der Waals surface area contributed by atoms with E-state index in [1.807, 2.05) is 0 Å². The number of aromatic nitrogens is 1. The van der Waals surface area contributed by atoms with Gasteiger partial charge in [0.05, 0.1) is 16.5 Å². The van der Waals surface area contributed by atoms with Crippen LogP contribution in [0.5, 0.6) is 0 Å². The highest BCUT2D eigenvalue weighted by molar-refractivity contribution is 7.99. The second-order valence-corrected chi connectivity index (χ2v) is 8.54. The van der Waals surface area contributed by atoms with Gasteiger partial charge in [0.25, 0.3) is 0 Å². The maximum absolute atomic E-state index is 13.4. The van der Waals surface area contributed by atoms with Crippen LogP contribution in [0.15, 0.2) is 52.5 Å². The minimum Gasteiger partial charge on any atom is -0.305 e. The van der Waals surface area contributed by atoms with Crippen molar-refractivity contribution in [2.75, 3.05) is 25.2 Å². The summed E-state index contributed by atoms with van der Waals surface area (Å²) in [6.45, 7) is 0. The van der Waals surface area contributed by atoms with Crippen LogP contribution >= 0.6 is 11.8 Å². The predicted molar refractivity (Wildman–Crippen MR) is 99.4 cm³/mol. The Morgan fingerprint density at radius 2 is 1.89 bits per heavy atom. The second-order valence-electron chi connectivity index (χ2n) is 5.39. The van der Waals surface area contributed by atoms with Gasteiger partial charge in [-0.2, -0.15) is 0 Å². The fourth-order valence-electron chi connectivity index (χ4n) is 1.83. The Hall–Kier alpha value is -2.50. The maximum atomic E-state index is 13.4. The Labute approximate surface area is 160 Å². The Morgan fingerprint density at radius 1 is 1.19 bits per heavy atom. The molecule has 1 aromatic carbocycles. The summed E-state index contributed by atoms with van der Waals surface area (Å²) < 4.78 is 38.4. The zero-order valence-corrected chi connectivity index (χ0v) is 16.1. The number of benzene rings is 1. The summed E-state index contributed by atoms with van der Waals surface area (Å²) in [5.74, 6) is -1.36. The molecule has 144 valence electrons. The van der Waals surface area contributed by atoms with E-state index in [2.05, 4.69) is 15.6 Å². The Balaban J connectivity index is 1.87. The van der Waals surface area contributed by atoms with Crippen molar-refractivity contribution in [3.05, 3.63) is 48.4 Å². The molecule has 0 saturated carbocycles. The molecule has 3 amide bonds. The lowest BCUT2D eigenvalue weighted by atomic mass is 10.3. The van der Waals surface area contributed by atoms with Crippen molar-refractivity contribution < 1.29 is 22.4 Å². The lowest BCUT2D eigenvalue weighted by molar-refractivity contribution is -0.117. The average molecular weight is 412 g/mol. The third-order valence-electron chi connectivity index (χ3n) is 3.21. The monoisotopic (exact) mass is 412 g/mol. The Kier molecular flexibility index (Phi) is 6.88. The van der Waals surface area contributed by atoms with E-state index in [1.54, 1.807) is 6.07 Å². The molecule has 11 heteroatoms. The first kappa shape index (κ1) is 20.8. The summed E-state index contributed by atoms with van der Waals surface area (Å²) in [5, 5.41) is 4.72. The molecule has 27 heavy (non-hydrogen) atoms. The molecule has 0 saturated heterocycles. The van der Waals surface area contributed by atoms with Gasteiger partial charge in [0, 0.05) is 20.3 Å². The van der Waals surface area contributed by atoms with Crippen LogP contribution in [0, 0.1) is 5.82 Å². The summed E-state index contributed by atoms with van der Waals surface area (Å²) in [7, 11) is -0.753. The highest BCUT2D eigenvalue weighted by Gasteiger charge is 2.17. The van der Waals surface area contributed by atoms with E-state index in [0.29, 0.717) is 5.03 Å². The van der Waals surface area contributed by atoms with Crippen molar-refractivity contribution in [3.63, 3.8) is 0 Å². The molecule has 0 atom stereocenters. The van der Waals surface area contributed by atoms with E-state index in [9.17, 15) is 22.4 Å². The smallest absolute Gasteiger partial charge is 0.305 e. The third kappa shape index (κ3) is 5.74. The molecule has 0 radical (unpaired) electrons. The SMILES string of the molecule is CN(C)S(=O)(=O)c1ccc(SCC(=O)NC(=O)Nc2ccccc2F)nc1. The molecule has 0 aliphatic rings. The van der Waals surface area contributed by atoms with Crippen LogP contribution in [0.2, 0.25) is 0 Å². The van der Waals surface area contributed by atoms with E-state index < -0.39 is 27.8 Å². The predicted octanol–water partition coefficient (Wildman–Crippen LogP) is 1.91. The van der Waals surface area contributed by atoms with Crippen LogP contribution in [0.1, 0.15) is 0 Å². The number of carbonyl (C=O) groups excluding carboxylic acids is 2. The number of para-hydroxylation sites is 1. The minimum absolute atomic E-state index is 0.0329. The van der Waals surface area contributed by atoms with Crippen LogP contribution < -0.4 is 10.6 Å². The molecule has 1 heterocycles. The van der Waals surface area contributed by atoms with Crippen molar-refractivity contribution >= 4 is 39.4 Å². The van der Waals surface area contributed by atoms with Gasteiger partial charge < -0.3 is 5.32 Å². The number of hydrogen-bond acceptors (Lipinski definition) is 6. The fraction of sp³-hybridized carbons (Fsp3) is 0.188. The van der Waals surface area contributed by atoms with Gasteiger partial charge in [-0.1, -0.05) is 23.9 Å². The number of nitrogens with one attached hydrogen (secondary N) is 2. The lowest BCUT2D eigenvalue weighted by Gasteiger charge is -2.11. The molecular formula is C16H17FN4O4S2. The van der Waals surface area contributed by atoms with Crippen molar-refractivity contribution in [3.8, 4) is 0 Å². The van der Waals surface area contributed by atoms with Crippen LogP contribution in [0.25, 0.3) is 0 Å². The summed E-state index contributed by atoms with van der Waals surface area (Å²) in [6, 6.07) is 7.55. The highest BCUT2D eigenvalue weighted by Crippen LogP contribution is 2.18. The van der Waals surface area contributed by atoms with Gasteiger partial charge in [-0.3, -0.25) is 10.1 Å². The van der Waals surface area contributed by atoms with Gasteiger partial charge in [0.15, 0.2) is 0 Å². The van der Waals surface area contributed by atoms with Crippen molar-refractivity contribution in [2.45, 2.75) is 9.92 Å². The van der Waals surface area contributed by atoms with Crippen LogP contribution in [-0.4, -0.2) is 49.5 Å². The lowest BCUT2D eigenvalue weighted by Crippen LogP contribution is -2.35. The molecule has 8 nitrogen and oxygen atoms in total. The van der Waals surface area contributed by atoms with Gasteiger partial charge in [-0.25, -0.2) is 26.9 Å². The highest BCUT2D eigenvalue weighted by atomic mass is 32.2. The zero-order valence-electron chi connectivity index (χ0n) is 14.5. The number of imide groups is 1. The Bertz CT molecular complexity index is 934. The average Bonchev–Trinajstić information content (AvgIpc) is 2.62. The summed E-state index contributed by atoms with van der Waals surface area (Å²) in [5.41, 5.74) is -0.0465. The number of urea groups is 1.